The molecule has 106 valence electrons. The smallest absolute Gasteiger partial charge is 0.137 e. The van der Waals surface area contributed by atoms with Crippen molar-refractivity contribution < 1.29 is 4.74 Å². The molecule has 0 aliphatic carbocycles. The molecule has 1 atom stereocenters. The Morgan fingerprint density at radius 1 is 1.47 bits per heavy atom. The Morgan fingerprint density at radius 2 is 2.26 bits per heavy atom. The topological polar surface area (TPSA) is 50.3 Å². The summed E-state index contributed by atoms with van der Waals surface area (Å²) in [6, 6.07) is 0. The van der Waals surface area contributed by atoms with Crippen molar-refractivity contribution >= 4 is 11.6 Å². The summed E-state index contributed by atoms with van der Waals surface area (Å²) in [4.78, 5) is 11.1. The largest absolute Gasteiger partial charge is 0.377 e. The van der Waals surface area contributed by atoms with Gasteiger partial charge in [-0.15, -0.1) is 0 Å². The molecule has 5 nitrogen and oxygen atoms in total. The van der Waals surface area contributed by atoms with Gasteiger partial charge in [-0.05, 0) is 33.6 Å². The summed E-state index contributed by atoms with van der Waals surface area (Å²) >= 11 is 0. The van der Waals surface area contributed by atoms with Crippen molar-refractivity contribution in [3.05, 3.63) is 11.9 Å². The highest BCUT2D eigenvalue weighted by Crippen LogP contribution is 2.30. The van der Waals surface area contributed by atoms with Gasteiger partial charge in [0.25, 0.3) is 0 Å². The second-order valence-electron chi connectivity index (χ2n) is 5.38. The van der Waals surface area contributed by atoms with E-state index in [1.165, 1.54) is 0 Å². The summed E-state index contributed by atoms with van der Waals surface area (Å²) in [6.07, 6.45) is 3.87. The number of ether oxygens (including phenoxy) is 1. The van der Waals surface area contributed by atoms with E-state index in [1.807, 2.05) is 0 Å². The van der Waals surface area contributed by atoms with Crippen LogP contribution in [0.4, 0.5) is 11.6 Å². The zero-order valence-electron chi connectivity index (χ0n) is 12.4. The van der Waals surface area contributed by atoms with Crippen LogP contribution >= 0.6 is 0 Å². The van der Waals surface area contributed by atoms with E-state index in [0.29, 0.717) is 0 Å². The highest BCUT2D eigenvalue weighted by molar-refractivity contribution is 5.58. The first-order valence-electron chi connectivity index (χ1n) is 6.95. The monoisotopic (exact) mass is 264 g/mol. The Labute approximate surface area is 115 Å². The molecule has 1 aliphatic rings. The van der Waals surface area contributed by atoms with E-state index in [1.54, 1.807) is 13.4 Å². The molecule has 0 radical (unpaired) electrons. The number of aromatic nitrogens is 2. The molecule has 0 bridgehead atoms. The van der Waals surface area contributed by atoms with Crippen LogP contribution in [0.1, 0.15) is 32.3 Å². The van der Waals surface area contributed by atoms with E-state index in [-0.39, 0.29) is 5.60 Å². The van der Waals surface area contributed by atoms with Crippen molar-refractivity contribution in [2.45, 2.75) is 39.2 Å². The summed E-state index contributed by atoms with van der Waals surface area (Å²) in [5.74, 6) is 1.95. The number of nitrogens with one attached hydrogen (secondary N) is 1. The van der Waals surface area contributed by atoms with Crippen molar-refractivity contribution in [3.63, 3.8) is 0 Å². The van der Waals surface area contributed by atoms with E-state index in [2.05, 4.69) is 41.0 Å². The molecule has 0 spiro atoms. The van der Waals surface area contributed by atoms with Gasteiger partial charge in [0.05, 0.1) is 5.60 Å². The minimum absolute atomic E-state index is 0.0754. The van der Waals surface area contributed by atoms with Crippen molar-refractivity contribution in [2.75, 3.05) is 37.0 Å². The molecule has 19 heavy (non-hydrogen) atoms. The fraction of sp³-hybridized carbons (Fsp3) is 0.714. The van der Waals surface area contributed by atoms with Gasteiger partial charge in [-0.1, -0.05) is 0 Å². The maximum absolute atomic E-state index is 5.65. The molecule has 1 unspecified atom stereocenters. The molecule has 2 rings (SSSR count). The van der Waals surface area contributed by atoms with Gasteiger partial charge >= 0.3 is 0 Å². The van der Waals surface area contributed by atoms with Gasteiger partial charge in [-0.3, -0.25) is 0 Å². The van der Waals surface area contributed by atoms with E-state index in [0.717, 1.165) is 49.7 Å². The molecule has 1 aromatic heterocycles. The molecule has 5 heteroatoms. The Bertz CT molecular complexity index is 437. The average molecular weight is 264 g/mol. The Morgan fingerprint density at radius 3 is 2.95 bits per heavy atom. The molecule has 0 saturated carbocycles. The van der Waals surface area contributed by atoms with E-state index >= 15 is 0 Å². The third-order valence-electron chi connectivity index (χ3n) is 3.85. The predicted molar refractivity (Wildman–Crippen MR) is 77.8 cm³/mol. The van der Waals surface area contributed by atoms with Crippen LogP contribution in [0.2, 0.25) is 0 Å². The first kappa shape index (κ1) is 14.1. The van der Waals surface area contributed by atoms with Crippen molar-refractivity contribution in [3.8, 4) is 0 Å². The fourth-order valence-electron chi connectivity index (χ4n) is 2.66. The quantitative estimate of drug-likeness (QED) is 0.903. The summed E-state index contributed by atoms with van der Waals surface area (Å²) in [5, 5.41) is 3.28. The van der Waals surface area contributed by atoms with Crippen LogP contribution in [0.25, 0.3) is 0 Å². The maximum Gasteiger partial charge on any atom is 0.137 e. The third-order valence-corrected chi connectivity index (χ3v) is 3.85. The van der Waals surface area contributed by atoms with Crippen LogP contribution in [0.3, 0.4) is 0 Å². The fourth-order valence-corrected chi connectivity index (χ4v) is 2.66. The highest BCUT2D eigenvalue weighted by Gasteiger charge is 2.32. The lowest BCUT2D eigenvalue weighted by Crippen LogP contribution is -2.48. The molecular weight excluding hydrogens is 240 g/mol. The molecular formula is C14H24N4O. The Hall–Kier alpha value is -1.36. The molecule has 0 aromatic carbocycles. The van der Waals surface area contributed by atoms with Crippen LogP contribution in [0, 0.1) is 6.92 Å². The molecule has 1 fully saturated rings. The van der Waals surface area contributed by atoms with Crippen LogP contribution in [-0.2, 0) is 4.74 Å². The number of hydrogen-bond acceptors (Lipinski definition) is 5. The zero-order chi connectivity index (χ0) is 13.9. The lowest BCUT2D eigenvalue weighted by Gasteiger charge is -2.40. The number of nitrogens with zero attached hydrogens (tertiary/aromatic N) is 3. The zero-order valence-corrected chi connectivity index (χ0v) is 12.4. The van der Waals surface area contributed by atoms with E-state index in [4.69, 9.17) is 4.74 Å². The molecule has 1 N–H and O–H groups in total. The van der Waals surface area contributed by atoms with Crippen LogP contribution in [0.5, 0.6) is 0 Å². The average Bonchev–Trinajstić information content (AvgIpc) is 2.41. The second-order valence-corrected chi connectivity index (χ2v) is 5.38. The number of rotatable bonds is 4. The summed E-state index contributed by atoms with van der Waals surface area (Å²) in [6.45, 7) is 9.10. The van der Waals surface area contributed by atoms with Gasteiger partial charge < -0.3 is 15.0 Å². The number of piperidine rings is 1. The predicted octanol–water partition coefficient (Wildman–Crippen LogP) is 2.22. The second kappa shape index (κ2) is 5.74. The number of methoxy groups -OCH3 is 1. The van der Waals surface area contributed by atoms with Gasteiger partial charge in [0, 0.05) is 32.3 Å². The first-order chi connectivity index (χ1) is 9.09. The Balaban J connectivity index is 2.24. The normalized spacial score (nSPS) is 23.5. The molecule has 1 aliphatic heterocycles. The first-order valence-corrected chi connectivity index (χ1v) is 6.95. The molecule has 0 amide bonds. The van der Waals surface area contributed by atoms with E-state index < -0.39 is 0 Å². The van der Waals surface area contributed by atoms with E-state index in [9.17, 15) is 0 Å². The summed E-state index contributed by atoms with van der Waals surface area (Å²) in [7, 11) is 1.79. The Kier molecular flexibility index (Phi) is 4.24. The number of anilines is 2. The number of hydrogen-bond donors (Lipinski definition) is 1. The van der Waals surface area contributed by atoms with Gasteiger partial charge in [0.2, 0.25) is 0 Å². The lowest BCUT2D eigenvalue weighted by atomic mass is 9.94. The van der Waals surface area contributed by atoms with Crippen molar-refractivity contribution in [2.24, 2.45) is 0 Å². The maximum atomic E-state index is 5.65. The standard InChI is InChI=1S/C14H24N4O/c1-5-15-12-11(2)13(17-10-16-12)18-8-6-7-14(3,9-18)19-4/h10H,5-9H2,1-4H3,(H,15,16,17). The lowest BCUT2D eigenvalue weighted by molar-refractivity contribution is -0.00483. The van der Waals surface area contributed by atoms with Gasteiger partial charge in [0.15, 0.2) is 0 Å². The SMILES string of the molecule is CCNc1ncnc(N2CCCC(C)(OC)C2)c1C. The molecule has 2 heterocycles. The third kappa shape index (κ3) is 2.97. The van der Waals surface area contributed by atoms with Gasteiger partial charge in [-0.25, -0.2) is 9.97 Å². The van der Waals surface area contributed by atoms with Crippen molar-refractivity contribution in [1.29, 1.82) is 0 Å². The minimum Gasteiger partial charge on any atom is -0.377 e. The highest BCUT2D eigenvalue weighted by atomic mass is 16.5. The minimum atomic E-state index is -0.0754. The van der Waals surface area contributed by atoms with Gasteiger partial charge in [0.1, 0.15) is 18.0 Å². The summed E-state index contributed by atoms with van der Waals surface area (Å²) < 4.78 is 5.65. The van der Waals surface area contributed by atoms with Crippen molar-refractivity contribution in [1.82, 2.24) is 9.97 Å². The van der Waals surface area contributed by atoms with Crippen LogP contribution < -0.4 is 10.2 Å². The molecule has 1 saturated heterocycles. The molecule has 1 aromatic rings. The van der Waals surface area contributed by atoms with Crippen LogP contribution in [0.15, 0.2) is 6.33 Å². The summed E-state index contributed by atoms with van der Waals surface area (Å²) in [5.41, 5.74) is 1.04. The van der Waals surface area contributed by atoms with Crippen LogP contribution in [-0.4, -0.2) is 42.3 Å². The van der Waals surface area contributed by atoms with Gasteiger partial charge in [-0.2, -0.15) is 0 Å².